The van der Waals surface area contributed by atoms with Gasteiger partial charge in [-0.2, -0.15) is 0 Å². The summed E-state index contributed by atoms with van der Waals surface area (Å²) < 4.78 is 0. The van der Waals surface area contributed by atoms with Crippen molar-refractivity contribution in [2.75, 3.05) is 11.9 Å². The van der Waals surface area contributed by atoms with E-state index in [0.29, 0.717) is 5.92 Å². The average Bonchev–Trinajstić information content (AvgIpc) is 2.30. The van der Waals surface area contributed by atoms with Crippen molar-refractivity contribution in [2.24, 2.45) is 5.92 Å². The molecule has 0 bridgehead atoms. The Morgan fingerprint density at radius 2 is 1.89 bits per heavy atom. The Morgan fingerprint density at radius 1 is 1.22 bits per heavy atom. The second-order valence-corrected chi connectivity index (χ2v) is 5.90. The summed E-state index contributed by atoms with van der Waals surface area (Å²) in [6.45, 7) is 5.10. The number of rotatable bonds is 3. The number of anilines is 1. The summed E-state index contributed by atoms with van der Waals surface area (Å²) >= 11 is 6.27. The van der Waals surface area contributed by atoms with E-state index in [9.17, 15) is 5.11 Å². The van der Waals surface area contributed by atoms with Crippen LogP contribution in [0.25, 0.3) is 0 Å². The van der Waals surface area contributed by atoms with Crippen LogP contribution in [0, 0.1) is 19.8 Å². The second kappa shape index (κ2) is 5.94. The number of aryl methyl sites for hydroxylation is 2. The number of aliphatic hydroxyl groups is 1. The molecule has 1 saturated carbocycles. The Kier molecular flexibility index (Phi) is 4.52. The summed E-state index contributed by atoms with van der Waals surface area (Å²) in [5, 5.41) is 13.8. The lowest BCUT2D eigenvalue weighted by molar-refractivity contribution is 0.111. The quantitative estimate of drug-likeness (QED) is 0.870. The van der Waals surface area contributed by atoms with Crippen LogP contribution in [-0.2, 0) is 0 Å². The predicted octanol–water partition coefficient (Wildman–Crippen LogP) is 3.92. The number of halogens is 1. The van der Waals surface area contributed by atoms with Gasteiger partial charge in [0.25, 0.3) is 0 Å². The van der Waals surface area contributed by atoms with E-state index >= 15 is 0 Å². The predicted molar refractivity (Wildman–Crippen MR) is 77.4 cm³/mol. The molecule has 1 aliphatic rings. The molecule has 0 saturated heterocycles. The second-order valence-electron chi connectivity index (χ2n) is 5.49. The Bertz CT molecular complexity index is 388. The monoisotopic (exact) mass is 267 g/mol. The van der Waals surface area contributed by atoms with Gasteiger partial charge in [0.05, 0.1) is 16.8 Å². The van der Waals surface area contributed by atoms with Crippen LogP contribution in [-0.4, -0.2) is 17.8 Å². The lowest BCUT2D eigenvalue weighted by Crippen LogP contribution is -2.23. The maximum absolute atomic E-state index is 9.49. The Balaban J connectivity index is 1.94. The number of benzene rings is 1. The largest absolute Gasteiger partial charge is 0.393 e. The molecule has 1 aliphatic carbocycles. The molecule has 2 N–H and O–H groups in total. The van der Waals surface area contributed by atoms with E-state index in [-0.39, 0.29) is 6.10 Å². The fraction of sp³-hybridized carbons (Fsp3) is 0.600. The molecule has 0 unspecified atom stereocenters. The molecule has 0 radical (unpaired) electrons. The fourth-order valence-corrected chi connectivity index (χ4v) is 3.12. The van der Waals surface area contributed by atoms with Crippen molar-refractivity contribution in [3.8, 4) is 0 Å². The van der Waals surface area contributed by atoms with Crippen molar-refractivity contribution in [2.45, 2.75) is 45.6 Å². The van der Waals surface area contributed by atoms with E-state index in [1.807, 2.05) is 6.07 Å². The third kappa shape index (κ3) is 3.39. The topological polar surface area (TPSA) is 32.3 Å². The van der Waals surface area contributed by atoms with Gasteiger partial charge in [-0.3, -0.25) is 0 Å². The fourth-order valence-electron chi connectivity index (χ4n) is 2.73. The van der Waals surface area contributed by atoms with E-state index in [1.165, 1.54) is 11.1 Å². The minimum absolute atomic E-state index is 0.0778. The van der Waals surface area contributed by atoms with E-state index in [1.54, 1.807) is 0 Å². The molecular formula is C15H22ClNO. The average molecular weight is 268 g/mol. The van der Waals surface area contributed by atoms with E-state index in [0.717, 1.165) is 42.9 Å². The Labute approximate surface area is 114 Å². The third-order valence-electron chi connectivity index (χ3n) is 3.82. The summed E-state index contributed by atoms with van der Waals surface area (Å²) in [6, 6.07) is 4.15. The van der Waals surface area contributed by atoms with Crippen molar-refractivity contribution in [1.82, 2.24) is 0 Å². The minimum Gasteiger partial charge on any atom is -0.393 e. The van der Waals surface area contributed by atoms with E-state index in [2.05, 4.69) is 25.2 Å². The molecule has 0 aromatic heterocycles. The number of nitrogens with one attached hydrogen (secondary N) is 1. The van der Waals surface area contributed by atoms with Gasteiger partial charge in [-0.15, -0.1) is 0 Å². The van der Waals surface area contributed by atoms with Crippen LogP contribution in [0.4, 0.5) is 5.69 Å². The van der Waals surface area contributed by atoms with Crippen LogP contribution in [0.5, 0.6) is 0 Å². The molecule has 1 aromatic rings. The molecule has 0 atom stereocenters. The van der Waals surface area contributed by atoms with Gasteiger partial charge in [0.2, 0.25) is 0 Å². The molecule has 1 aromatic carbocycles. The molecule has 18 heavy (non-hydrogen) atoms. The van der Waals surface area contributed by atoms with Crippen molar-refractivity contribution in [1.29, 1.82) is 0 Å². The highest BCUT2D eigenvalue weighted by Crippen LogP contribution is 2.29. The minimum atomic E-state index is -0.0778. The van der Waals surface area contributed by atoms with Crippen molar-refractivity contribution >= 4 is 17.3 Å². The van der Waals surface area contributed by atoms with Crippen LogP contribution in [0.1, 0.15) is 36.8 Å². The molecule has 0 spiro atoms. The van der Waals surface area contributed by atoms with Gasteiger partial charge in [-0.05, 0) is 62.6 Å². The zero-order valence-corrected chi connectivity index (χ0v) is 11.9. The molecular weight excluding hydrogens is 246 g/mol. The SMILES string of the molecule is Cc1cc(C)c(NCC2CCC(O)CC2)c(Cl)c1. The Hall–Kier alpha value is -0.730. The van der Waals surface area contributed by atoms with Crippen molar-refractivity contribution in [3.05, 3.63) is 28.3 Å². The highest BCUT2D eigenvalue weighted by atomic mass is 35.5. The molecule has 2 nitrogen and oxygen atoms in total. The molecule has 2 rings (SSSR count). The number of hydrogen-bond acceptors (Lipinski definition) is 2. The van der Waals surface area contributed by atoms with Gasteiger partial charge in [0, 0.05) is 6.54 Å². The van der Waals surface area contributed by atoms with Crippen molar-refractivity contribution in [3.63, 3.8) is 0 Å². The number of hydrogen-bond donors (Lipinski definition) is 2. The first-order chi connectivity index (χ1) is 8.56. The van der Waals surface area contributed by atoms with Gasteiger partial charge in [-0.1, -0.05) is 17.7 Å². The normalized spacial score (nSPS) is 24.0. The summed E-state index contributed by atoms with van der Waals surface area (Å²) in [5.41, 5.74) is 3.47. The maximum Gasteiger partial charge on any atom is 0.0642 e. The van der Waals surface area contributed by atoms with Crippen LogP contribution in [0.3, 0.4) is 0 Å². The Morgan fingerprint density at radius 3 is 2.50 bits per heavy atom. The van der Waals surface area contributed by atoms with Gasteiger partial charge in [0.15, 0.2) is 0 Å². The van der Waals surface area contributed by atoms with E-state index in [4.69, 9.17) is 11.6 Å². The van der Waals surface area contributed by atoms with Crippen molar-refractivity contribution < 1.29 is 5.11 Å². The molecule has 0 heterocycles. The summed E-state index contributed by atoms with van der Waals surface area (Å²) in [6.07, 6.45) is 4.01. The summed E-state index contributed by atoms with van der Waals surface area (Å²) in [5.74, 6) is 0.658. The maximum atomic E-state index is 9.49. The first-order valence-corrected chi connectivity index (χ1v) is 7.12. The summed E-state index contributed by atoms with van der Waals surface area (Å²) in [4.78, 5) is 0. The molecule has 0 aliphatic heterocycles. The van der Waals surface area contributed by atoms with Crippen LogP contribution in [0.2, 0.25) is 5.02 Å². The lowest BCUT2D eigenvalue weighted by Gasteiger charge is -2.26. The first kappa shape index (κ1) is 13.7. The van der Waals surface area contributed by atoms with Gasteiger partial charge in [-0.25, -0.2) is 0 Å². The summed E-state index contributed by atoms with van der Waals surface area (Å²) in [7, 11) is 0. The highest BCUT2D eigenvalue weighted by molar-refractivity contribution is 6.33. The van der Waals surface area contributed by atoms with Gasteiger partial charge < -0.3 is 10.4 Å². The zero-order chi connectivity index (χ0) is 13.1. The zero-order valence-electron chi connectivity index (χ0n) is 11.2. The van der Waals surface area contributed by atoms with Gasteiger partial charge in [0.1, 0.15) is 0 Å². The van der Waals surface area contributed by atoms with Crippen LogP contribution in [0.15, 0.2) is 12.1 Å². The molecule has 1 fully saturated rings. The van der Waals surface area contributed by atoms with Crippen LogP contribution >= 0.6 is 11.6 Å². The lowest BCUT2D eigenvalue weighted by atomic mass is 9.87. The van der Waals surface area contributed by atoms with Gasteiger partial charge >= 0.3 is 0 Å². The molecule has 3 heteroatoms. The van der Waals surface area contributed by atoms with Crippen LogP contribution < -0.4 is 5.32 Å². The standard InChI is InChI=1S/C15H22ClNO/c1-10-7-11(2)15(14(16)8-10)17-9-12-3-5-13(18)6-4-12/h7-8,12-13,17-18H,3-6,9H2,1-2H3. The number of aliphatic hydroxyl groups excluding tert-OH is 1. The molecule has 0 amide bonds. The smallest absolute Gasteiger partial charge is 0.0642 e. The van der Waals surface area contributed by atoms with E-state index < -0.39 is 0 Å². The third-order valence-corrected chi connectivity index (χ3v) is 4.11. The molecule has 100 valence electrons. The highest BCUT2D eigenvalue weighted by Gasteiger charge is 2.19. The first-order valence-electron chi connectivity index (χ1n) is 6.75.